The molecule has 0 radical (unpaired) electrons. The summed E-state index contributed by atoms with van der Waals surface area (Å²) in [4.78, 5) is 22.9. The number of nitrogens with one attached hydrogen (secondary N) is 1. The first-order valence-electron chi connectivity index (χ1n) is 10.7. The quantitative estimate of drug-likeness (QED) is 0.537. The molecule has 2 aliphatic rings. The van der Waals surface area contributed by atoms with E-state index in [1.807, 2.05) is 24.3 Å². The van der Waals surface area contributed by atoms with Crippen molar-refractivity contribution in [3.05, 3.63) is 65.8 Å². The number of hydrogen-bond donors (Lipinski definition) is 1. The minimum atomic E-state index is -0.00160. The molecule has 0 saturated carbocycles. The molecule has 1 aliphatic carbocycles. The minimum Gasteiger partial charge on any atom is -0.423 e. The normalized spacial score (nSPS) is 24.9. The van der Waals surface area contributed by atoms with Crippen molar-refractivity contribution in [2.24, 2.45) is 5.92 Å². The van der Waals surface area contributed by atoms with Crippen LogP contribution in [0.25, 0.3) is 22.5 Å². The molecule has 2 bridgehead atoms. The highest BCUT2D eigenvalue weighted by Gasteiger charge is 2.49. The molecular weight excluding hydrogens is 390 g/mol. The molecule has 3 atom stereocenters. The van der Waals surface area contributed by atoms with Crippen molar-refractivity contribution >= 4 is 16.9 Å². The van der Waals surface area contributed by atoms with Gasteiger partial charge in [-0.25, -0.2) is 4.98 Å². The second kappa shape index (κ2) is 6.51. The number of rotatable bonds is 2. The number of aromatic nitrogens is 4. The third-order valence-corrected chi connectivity index (χ3v) is 7.54. The largest absolute Gasteiger partial charge is 0.423 e. The van der Waals surface area contributed by atoms with Gasteiger partial charge in [0.25, 0.3) is 5.91 Å². The van der Waals surface area contributed by atoms with Crippen LogP contribution in [-0.2, 0) is 11.8 Å². The number of piperidine rings is 1. The summed E-state index contributed by atoms with van der Waals surface area (Å²) in [6.45, 7) is 5.36. The molecule has 0 spiro atoms. The van der Waals surface area contributed by atoms with E-state index in [4.69, 9.17) is 4.42 Å². The fraction of sp³-hybridized carbons (Fsp3) is 0.333. The van der Waals surface area contributed by atoms with Gasteiger partial charge in [0.2, 0.25) is 12.3 Å². The number of benzene rings is 2. The van der Waals surface area contributed by atoms with Crippen LogP contribution in [-0.4, -0.2) is 43.6 Å². The van der Waals surface area contributed by atoms with Gasteiger partial charge in [0, 0.05) is 23.7 Å². The Morgan fingerprint density at radius 3 is 3.00 bits per heavy atom. The Labute approximate surface area is 179 Å². The Bertz CT molecular complexity index is 1290. The van der Waals surface area contributed by atoms with Gasteiger partial charge in [-0.3, -0.25) is 4.79 Å². The molecule has 1 fully saturated rings. The molecule has 2 aromatic heterocycles. The van der Waals surface area contributed by atoms with Crippen LogP contribution in [0.1, 0.15) is 41.8 Å². The Kier molecular flexibility index (Phi) is 3.84. The molecule has 7 nitrogen and oxygen atoms in total. The molecular formula is C24H23N5O2. The van der Waals surface area contributed by atoms with Crippen LogP contribution in [0.3, 0.4) is 0 Å². The van der Waals surface area contributed by atoms with Crippen LogP contribution in [0.5, 0.6) is 0 Å². The number of amides is 1. The summed E-state index contributed by atoms with van der Waals surface area (Å²) in [6.07, 6.45) is 4.80. The zero-order chi connectivity index (χ0) is 21.2. The monoisotopic (exact) mass is 413 g/mol. The van der Waals surface area contributed by atoms with E-state index in [2.05, 4.69) is 51.0 Å². The molecule has 7 heteroatoms. The Morgan fingerprint density at radius 1 is 1.26 bits per heavy atom. The first kappa shape index (κ1) is 18.3. The summed E-state index contributed by atoms with van der Waals surface area (Å²) in [5.41, 5.74) is 6.08. The maximum absolute atomic E-state index is 13.5. The number of likely N-dealkylation sites (tertiary alicyclic amines) is 1. The van der Waals surface area contributed by atoms with E-state index in [1.165, 1.54) is 17.5 Å². The summed E-state index contributed by atoms with van der Waals surface area (Å²) < 4.78 is 5.41. The molecule has 6 rings (SSSR count). The van der Waals surface area contributed by atoms with Gasteiger partial charge in [-0.15, -0.1) is 10.2 Å². The van der Waals surface area contributed by atoms with Gasteiger partial charge in [0.1, 0.15) is 0 Å². The Morgan fingerprint density at radius 2 is 2.16 bits per heavy atom. The number of hydrogen-bond acceptors (Lipinski definition) is 5. The lowest BCUT2D eigenvalue weighted by Crippen LogP contribution is -2.59. The molecule has 1 saturated heterocycles. The van der Waals surface area contributed by atoms with Crippen LogP contribution in [0.4, 0.5) is 0 Å². The number of H-pyrrole nitrogens is 1. The zero-order valence-electron chi connectivity index (χ0n) is 17.5. The first-order chi connectivity index (χ1) is 15.0. The SMILES string of the molecule is C[C@@H]1[C@H]2Cc3ccc(-c4nnco4)cc3[C@]1(C)CCN2C(=O)c1ccc2nc[nH]c2c1. The number of imidazole rings is 1. The Hall–Kier alpha value is -3.48. The summed E-state index contributed by atoms with van der Waals surface area (Å²) in [5, 5.41) is 7.88. The molecule has 0 unspecified atom stereocenters. The highest BCUT2D eigenvalue weighted by Crippen LogP contribution is 2.49. The summed E-state index contributed by atoms with van der Waals surface area (Å²) in [6, 6.07) is 12.3. The van der Waals surface area contributed by atoms with E-state index in [0.717, 1.165) is 36.0 Å². The van der Waals surface area contributed by atoms with Crippen molar-refractivity contribution in [2.45, 2.75) is 38.1 Å². The van der Waals surface area contributed by atoms with Gasteiger partial charge >= 0.3 is 0 Å². The van der Waals surface area contributed by atoms with Crippen LogP contribution >= 0.6 is 0 Å². The number of aromatic amines is 1. The molecule has 4 aromatic rings. The van der Waals surface area contributed by atoms with Gasteiger partial charge in [-0.05, 0) is 65.6 Å². The number of nitrogens with zero attached hydrogens (tertiary/aromatic N) is 4. The van der Waals surface area contributed by atoms with E-state index < -0.39 is 0 Å². The highest BCUT2D eigenvalue weighted by molar-refractivity contribution is 5.97. The van der Waals surface area contributed by atoms with E-state index >= 15 is 0 Å². The molecule has 31 heavy (non-hydrogen) atoms. The summed E-state index contributed by atoms with van der Waals surface area (Å²) >= 11 is 0. The lowest BCUT2D eigenvalue weighted by atomic mass is 9.58. The average Bonchev–Trinajstić information content (AvgIpc) is 3.47. The van der Waals surface area contributed by atoms with Crippen molar-refractivity contribution in [3.63, 3.8) is 0 Å². The van der Waals surface area contributed by atoms with E-state index in [1.54, 1.807) is 6.33 Å². The van der Waals surface area contributed by atoms with Gasteiger partial charge < -0.3 is 14.3 Å². The maximum Gasteiger partial charge on any atom is 0.254 e. The van der Waals surface area contributed by atoms with Crippen LogP contribution in [0.2, 0.25) is 0 Å². The molecule has 3 heterocycles. The van der Waals surface area contributed by atoms with Crippen molar-refractivity contribution in [3.8, 4) is 11.5 Å². The van der Waals surface area contributed by atoms with Gasteiger partial charge in [0.15, 0.2) is 0 Å². The summed E-state index contributed by atoms with van der Waals surface area (Å²) in [5.74, 6) is 0.982. The van der Waals surface area contributed by atoms with E-state index in [0.29, 0.717) is 17.4 Å². The maximum atomic E-state index is 13.5. The van der Waals surface area contributed by atoms with Crippen LogP contribution in [0.15, 0.2) is 53.5 Å². The topological polar surface area (TPSA) is 87.9 Å². The van der Waals surface area contributed by atoms with Crippen molar-refractivity contribution < 1.29 is 9.21 Å². The molecule has 2 aromatic carbocycles. The van der Waals surface area contributed by atoms with Crippen LogP contribution in [0, 0.1) is 5.92 Å². The van der Waals surface area contributed by atoms with E-state index in [9.17, 15) is 4.79 Å². The second-order valence-corrected chi connectivity index (χ2v) is 8.98. The third-order valence-electron chi connectivity index (χ3n) is 7.54. The lowest BCUT2D eigenvalue weighted by Gasteiger charge is -2.54. The fourth-order valence-electron chi connectivity index (χ4n) is 5.54. The predicted molar refractivity (Wildman–Crippen MR) is 115 cm³/mol. The third kappa shape index (κ3) is 2.65. The molecule has 1 N–H and O–H groups in total. The first-order valence-corrected chi connectivity index (χ1v) is 10.7. The zero-order valence-corrected chi connectivity index (χ0v) is 17.5. The minimum absolute atomic E-state index is 0.00160. The van der Waals surface area contributed by atoms with Gasteiger partial charge in [-0.1, -0.05) is 19.9 Å². The van der Waals surface area contributed by atoms with Gasteiger partial charge in [-0.2, -0.15) is 0 Å². The van der Waals surface area contributed by atoms with Crippen molar-refractivity contribution in [1.82, 2.24) is 25.1 Å². The average molecular weight is 413 g/mol. The molecule has 156 valence electrons. The fourth-order valence-corrected chi connectivity index (χ4v) is 5.54. The second-order valence-electron chi connectivity index (χ2n) is 8.98. The van der Waals surface area contributed by atoms with Crippen molar-refractivity contribution in [1.29, 1.82) is 0 Å². The summed E-state index contributed by atoms with van der Waals surface area (Å²) in [7, 11) is 0. The standard InChI is InChI=1S/C24H23N5O2/c1-14-21-11-15-3-4-16(22-28-27-13-31-22)9-18(15)24(14,2)7-8-29(21)23(30)17-5-6-19-20(10-17)26-12-25-19/h3-6,9-10,12-14,21H,7-8,11H2,1-2H3,(H,25,26)/t14-,21-,24-/m1/s1. The smallest absolute Gasteiger partial charge is 0.254 e. The predicted octanol–water partition coefficient (Wildman–Crippen LogP) is 3.98. The van der Waals surface area contributed by atoms with Crippen LogP contribution < -0.4 is 0 Å². The molecule has 1 aliphatic heterocycles. The number of fused-ring (bicyclic) bond motifs is 5. The molecule has 1 amide bonds. The van der Waals surface area contributed by atoms with E-state index in [-0.39, 0.29) is 17.4 Å². The lowest BCUT2D eigenvalue weighted by molar-refractivity contribution is 0.0251. The highest BCUT2D eigenvalue weighted by atomic mass is 16.4. The number of carbonyl (C=O) groups is 1. The van der Waals surface area contributed by atoms with Crippen molar-refractivity contribution in [2.75, 3.05) is 6.54 Å². The number of carbonyl (C=O) groups excluding carboxylic acids is 1. The van der Waals surface area contributed by atoms with Gasteiger partial charge in [0.05, 0.1) is 17.4 Å². The Balaban J connectivity index is 1.36.